The van der Waals surface area contributed by atoms with Crippen molar-refractivity contribution in [2.45, 2.75) is 52.5 Å². The number of nitrogens with one attached hydrogen (secondary N) is 1. The lowest BCUT2D eigenvalue weighted by Gasteiger charge is -2.18. The van der Waals surface area contributed by atoms with Crippen LogP contribution in [0.5, 0.6) is 0 Å². The van der Waals surface area contributed by atoms with Crippen LogP contribution in [0.2, 0.25) is 0 Å². The standard InChI is InChI=1S/C30H31N5O2/c1-19-6-10-22(11-7-19)24-15-31-27(32-16-24)23-12-8-21(9-13-23)14-26(20(2)36)35-28(37)25-17-33-29(34-18-25)30(3,4)5/h6-13,15-18,26H,14H2,1-5H3,(H,35,37)/t26-/m0/s1. The molecule has 1 N–H and O–H groups in total. The Labute approximate surface area is 217 Å². The summed E-state index contributed by atoms with van der Waals surface area (Å²) in [5.41, 5.74) is 5.13. The molecule has 0 bridgehead atoms. The Morgan fingerprint density at radius 3 is 1.89 bits per heavy atom. The Kier molecular flexibility index (Phi) is 7.53. The lowest BCUT2D eigenvalue weighted by atomic mass is 9.96. The molecule has 37 heavy (non-hydrogen) atoms. The molecule has 0 unspecified atom stereocenters. The van der Waals surface area contributed by atoms with Crippen molar-refractivity contribution in [3.05, 3.63) is 95.8 Å². The fraction of sp³-hybridized carbons (Fsp3) is 0.267. The van der Waals surface area contributed by atoms with Crippen molar-refractivity contribution < 1.29 is 9.59 Å². The van der Waals surface area contributed by atoms with E-state index in [1.54, 1.807) is 0 Å². The normalized spacial score (nSPS) is 12.1. The summed E-state index contributed by atoms with van der Waals surface area (Å²) in [7, 11) is 0. The highest BCUT2D eigenvalue weighted by molar-refractivity contribution is 5.97. The minimum atomic E-state index is -0.661. The van der Waals surface area contributed by atoms with Crippen LogP contribution in [-0.4, -0.2) is 37.7 Å². The summed E-state index contributed by atoms with van der Waals surface area (Å²) in [5.74, 6) is 0.776. The quantitative estimate of drug-likeness (QED) is 0.383. The van der Waals surface area contributed by atoms with E-state index >= 15 is 0 Å². The first-order valence-electron chi connectivity index (χ1n) is 12.2. The van der Waals surface area contributed by atoms with Gasteiger partial charge in [0, 0.05) is 41.3 Å². The van der Waals surface area contributed by atoms with Gasteiger partial charge in [0.2, 0.25) is 0 Å². The van der Waals surface area contributed by atoms with Gasteiger partial charge in [-0.1, -0.05) is 74.9 Å². The second-order valence-corrected chi connectivity index (χ2v) is 10.2. The molecule has 7 heteroatoms. The summed E-state index contributed by atoms with van der Waals surface area (Å²) in [6.45, 7) is 9.55. The maximum absolute atomic E-state index is 12.7. The van der Waals surface area contributed by atoms with Gasteiger partial charge in [-0.15, -0.1) is 0 Å². The minimum Gasteiger partial charge on any atom is -0.342 e. The van der Waals surface area contributed by atoms with Gasteiger partial charge in [0.15, 0.2) is 11.6 Å². The average Bonchev–Trinajstić information content (AvgIpc) is 2.89. The van der Waals surface area contributed by atoms with Crippen LogP contribution in [0.15, 0.2) is 73.3 Å². The van der Waals surface area contributed by atoms with Crippen LogP contribution in [0.25, 0.3) is 22.5 Å². The van der Waals surface area contributed by atoms with Gasteiger partial charge in [0.1, 0.15) is 5.82 Å². The van der Waals surface area contributed by atoms with Crippen LogP contribution in [0, 0.1) is 6.92 Å². The van der Waals surface area contributed by atoms with Gasteiger partial charge >= 0.3 is 0 Å². The van der Waals surface area contributed by atoms with Gasteiger partial charge in [0.05, 0.1) is 11.6 Å². The number of nitrogens with zero attached hydrogens (tertiary/aromatic N) is 4. The number of ketones is 1. The third kappa shape index (κ3) is 6.50. The molecule has 0 radical (unpaired) electrons. The Balaban J connectivity index is 1.42. The zero-order valence-corrected chi connectivity index (χ0v) is 21.8. The smallest absolute Gasteiger partial charge is 0.255 e. The molecule has 0 saturated heterocycles. The fourth-order valence-electron chi connectivity index (χ4n) is 3.77. The molecule has 7 nitrogen and oxygen atoms in total. The largest absolute Gasteiger partial charge is 0.342 e. The highest BCUT2D eigenvalue weighted by Gasteiger charge is 2.21. The van der Waals surface area contributed by atoms with Crippen molar-refractivity contribution in [1.82, 2.24) is 25.3 Å². The molecule has 0 saturated carbocycles. The van der Waals surface area contributed by atoms with Gasteiger partial charge in [-0.3, -0.25) is 9.59 Å². The molecular formula is C30H31N5O2. The predicted molar refractivity (Wildman–Crippen MR) is 144 cm³/mol. The average molecular weight is 494 g/mol. The fourth-order valence-corrected chi connectivity index (χ4v) is 3.77. The third-order valence-electron chi connectivity index (χ3n) is 6.07. The molecule has 2 aromatic heterocycles. The molecule has 1 atom stereocenters. The third-order valence-corrected chi connectivity index (χ3v) is 6.07. The maximum atomic E-state index is 12.7. The SMILES string of the molecule is CC(=O)[C@H](Cc1ccc(-c2ncc(-c3ccc(C)cc3)cn2)cc1)NC(=O)c1cnc(C(C)(C)C)nc1. The van der Waals surface area contributed by atoms with E-state index in [1.807, 2.05) is 57.4 Å². The molecule has 0 spiro atoms. The van der Waals surface area contributed by atoms with E-state index in [1.165, 1.54) is 24.9 Å². The van der Waals surface area contributed by atoms with Gasteiger partial charge < -0.3 is 5.32 Å². The Bertz CT molecular complexity index is 1370. The highest BCUT2D eigenvalue weighted by atomic mass is 16.2. The van der Waals surface area contributed by atoms with Crippen molar-refractivity contribution in [3.63, 3.8) is 0 Å². The summed E-state index contributed by atoms with van der Waals surface area (Å²) < 4.78 is 0. The van der Waals surface area contributed by atoms with Crippen LogP contribution >= 0.6 is 0 Å². The zero-order valence-electron chi connectivity index (χ0n) is 21.8. The van der Waals surface area contributed by atoms with Crippen molar-refractivity contribution in [2.75, 3.05) is 0 Å². The Morgan fingerprint density at radius 1 is 0.784 bits per heavy atom. The van der Waals surface area contributed by atoms with E-state index < -0.39 is 6.04 Å². The second-order valence-electron chi connectivity index (χ2n) is 10.2. The van der Waals surface area contributed by atoms with Crippen LogP contribution in [0.3, 0.4) is 0 Å². The molecule has 2 heterocycles. The topological polar surface area (TPSA) is 97.7 Å². The zero-order chi connectivity index (χ0) is 26.6. The molecule has 0 aliphatic heterocycles. The molecule has 0 aliphatic rings. The van der Waals surface area contributed by atoms with Crippen LogP contribution in [0.4, 0.5) is 0 Å². The van der Waals surface area contributed by atoms with Crippen molar-refractivity contribution in [3.8, 4) is 22.5 Å². The van der Waals surface area contributed by atoms with Gasteiger partial charge in [-0.25, -0.2) is 19.9 Å². The second kappa shape index (κ2) is 10.8. The number of aromatic nitrogens is 4. The number of carbonyl (C=O) groups excluding carboxylic acids is 2. The summed E-state index contributed by atoms with van der Waals surface area (Å²) in [5, 5.41) is 2.82. The van der Waals surface area contributed by atoms with Crippen LogP contribution < -0.4 is 5.32 Å². The number of hydrogen-bond donors (Lipinski definition) is 1. The first kappa shape index (κ1) is 25.8. The number of aryl methyl sites for hydroxylation is 1. The van der Waals surface area contributed by atoms with Crippen molar-refractivity contribution in [1.29, 1.82) is 0 Å². The molecular weight excluding hydrogens is 462 g/mol. The van der Waals surface area contributed by atoms with E-state index in [2.05, 4.69) is 56.4 Å². The van der Waals surface area contributed by atoms with E-state index in [4.69, 9.17) is 0 Å². The molecule has 4 rings (SSSR count). The number of Topliss-reactive ketones (excluding diaryl/α,β-unsaturated/α-hetero) is 1. The number of amides is 1. The van der Waals surface area contributed by atoms with Crippen LogP contribution in [-0.2, 0) is 16.6 Å². The predicted octanol–water partition coefficient (Wildman–Crippen LogP) is 5.14. The monoisotopic (exact) mass is 493 g/mol. The first-order chi connectivity index (χ1) is 17.6. The number of carbonyl (C=O) groups is 2. The summed E-state index contributed by atoms with van der Waals surface area (Å²) in [6.07, 6.45) is 7.01. The summed E-state index contributed by atoms with van der Waals surface area (Å²) >= 11 is 0. The highest BCUT2D eigenvalue weighted by Crippen LogP contribution is 2.22. The van der Waals surface area contributed by atoms with Crippen molar-refractivity contribution >= 4 is 11.7 Å². The molecule has 2 aromatic carbocycles. The minimum absolute atomic E-state index is 0.125. The molecule has 0 fully saturated rings. The van der Waals surface area contributed by atoms with Crippen molar-refractivity contribution in [2.24, 2.45) is 0 Å². The summed E-state index contributed by atoms with van der Waals surface area (Å²) in [6, 6.07) is 15.3. The van der Waals surface area contributed by atoms with E-state index in [9.17, 15) is 9.59 Å². The lowest BCUT2D eigenvalue weighted by molar-refractivity contribution is -0.118. The van der Waals surface area contributed by atoms with E-state index in [-0.39, 0.29) is 17.1 Å². The van der Waals surface area contributed by atoms with E-state index in [0.29, 0.717) is 23.6 Å². The summed E-state index contributed by atoms with van der Waals surface area (Å²) in [4.78, 5) is 42.7. The van der Waals surface area contributed by atoms with E-state index in [0.717, 1.165) is 22.3 Å². The Morgan fingerprint density at radius 2 is 1.35 bits per heavy atom. The maximum Gasteiger partial charge on any atom is 0.255 e. The molecule has 1 amide bonds. The number of benzene rings is 2. The molecule has 0 aliphatic carbocycles. The molecule has 4 aromatic rings. The lowest BCUT2D eigenvalue weighted by Crippen LogP contribution is -2.41. The van der Waals surface area contributed by atoms with Crippen LogP contribution in [0.1, 0.15) is 55.0 Å². The van der Waals surface area contributed by atoms with Gasteiger partial charge in [0.25, 0.3) is 5.91 Å². The van der Waals surface area contributed by atoms with Gasteiger partial charge in [-0.05, 0) is 31.4 Å². The number of hydrogen-bond acceptors (Lipinski definition) is 6. The Hall–Kier alpha value is -4.26. The first-order valence-corrected chi connectivity index (χ1v) is 12.2. The van der Waals surface area contributed by atoms with Gasteiger partial charge in [-0.2, -0.15) is 0 Å². The number of rotatable bonds is 7. The molecule has 188 valence electrons.